The maximum absolute atomic E-state index is 14.3. The van der Waals surface area contributed by atoms with Crippen LogP contribution in [0.5, 0.6) is 0 Å². The Morgan fingerprint density at radius 3 is 2.88 bits per heavy atom. The lowest BCUT2D eigenvalue weighted by Gasteiger charge is -2.31. The number of nitrogens with one attached hydrogen (secondary N) is 2. The van der Waals surface area contributed by atoms with Crippen LogP contribution >= 0.6 is 0 Å². The summed E-state index contributed by atoms with van der Waals surface area (Å²) in [6.07, 6.45) is 4.67. The van der Waals surface area contributed by atoms with E-state index in [1.54, 1.807) is 17.3 Å². The predicted molar refractivity (Wildman–Crippen MR) is 96.0 cm³/mol. The van der Waals surface area contributed by atoms with Crippen LogP contribution in [0.3, 0.4) is 0 Å². The number of hydrogen-bond acceptors (Lipinski definition) is 3. The van der Waals surface area contributed by atoms with E-state index in [2.05, 4.69) is 20.2 Å². The van der Waals surface area contributed by atoms with Crippen molar-refractivity contribution in [1.82, 2.24) is 25.1 Å². The van der Waals surface area contributed by atoms with Gasteiger partial charge in [0.1, 0.15) is 5.82 Å². The maximum atomic E-state index is 14.3. The molecule has 138 valence electrons. The first-order valence-electron chi connectivity index (χ1n) is 9.25. The van der Waals surface area contributed by atoms with E-state index in [-0.39, 0.29) is 17.9 Å². The summed E-state index contributed by atoms with van der Waals surface area (Å²) in [5, 5.41) is 3.02. The number of likely N-dealkylation sites (tertiary alicyclic amines) is 1. The van der Waals surface area contributed by atoms with Crippen LogP contribution in [0.4, 0.5) is 9.18 Å². The minimum Gasteiger partial charge on any atom is -0.347 e. The van der Waals surface area contributed by atoms with Crippen molar-refractivity contribution in [3.63, 3.8) is 0 Å². The van der Waals surface area contributed by atoms with Crippen molar-refractivity contribution in [3.8, 4) is 0 Å². The van der Waals surface area contributed by atoms with Crippen LogP contribution < -0.4 is 5.32 Å². The Labute approximate surface area is 152 Å². The second-order valence-electron chi connectivity index (χ2n) is 6.97. The molecule has 0 aliphatic carbocycles. The lowest BCUT2D eigenvalue weighted by Crippen LogP contribution is -2.45. The van der Waals surface area contributed by atoms with E-state index >= 15 is 0 Å². The van der Waals surface area contributed by atoms with Gasteiger partial charge in [0, 0.05) is 25.1 Å². The van der Waals surface area contributed by atoms with Crippen molar-refractivity contribution < 1.29 is 9.18 Å². The summed E-state index contributed by atoms with van der Waals surface area (Å²) in [5.41, 5.74) is 2.69. The number of benzene rings is 1. The number of H-pyrrole nitrogens is 1. The monoisotopic (exact) mass is 357 g/mol. The molecule has 3 heterocycles. The molecular weight excluding hydrogens is 333 g/mol. The third kappa shape index (κ3) is 3.44. The van der Waals surface area contributed by atoms with E-state index in [0.717, 1.165) is 43.7 Å². The summed E-state index contributed by atoms with van der Waals surface area (Å²) in [6.45, 7) is 3.48. The van der Waals surface area contributed by atoms with Gasteiger partial charge < -0.3 is 15.2 Å². The number of rotatable bonds is 4. The average molecular weight is 357 g/mol. The molecule has 1 aromatic heterocycles. The summed E-state index contributed by atoms with van der Waals surface area (Å²) in [5.74, 6) is -0.210. The van der Waals surface area contributed by atoms with Crippen molar-refractivity contribution in [1.29, 1.82) is 0 Å². The Kier molecular flexibility index (Phi) is 4.88. The van der Waals surface area contributed by atoms with Crippen LogP contribution in [0.1, 0.15) is 35.8 Å². The van der Waals surface area contributed by atoms with Crippen LogP contribution in [0.25, 0.3) is 0 Å². The number of fused-ring (bicyclic) bond motifs is 1. The second-order valence-corrected chi connectivity index (χ2v) is 6.97. The van der Waals surface area contributed by atoms with E-state index in [1.807, 2.05) is 12.1 Å². The van der Waals surface area contributed by atoms with Gasteiger partial charge in [-0.05, 0) is 32.0 Å². The number of amides is 2. The van der Waals surface area contributed by atoms with Gasteiger partial charge in [0.25, 0.3) is 0 Å². The molecule has 2 aliphatic rings. The molecule has 2 N–H and O–H groups in total. The van der Waals surface area contributed by atoms with Crippen molar-refractivity contribution in [2.75, 3.05) is 26.2 Å². The van der Waals surface area contributed by atoms with Gasteiger partial charge in [0.05, 0.1) is 30.3 Å². The zero-order valence-corrected chi connectivity index (χ0v) is 14.7. The Morgan fingerprint density at radius 2 is 2.08 bits per heavy atom. The molecule has 0 unspecified atom stereocenters. The molecule has 1 fully saturated rings. The fraction of sp³-hybridized carbons (Fsp3) is 0.474. The van der Waals surface area contributed by atoms with Crippen LogP contribution in [0.15, 0.2) is 30.6 Å². The fourth-order valence-electron chi connectivity index (χ4n) is 3.92. The minimum atomic E-state index is -0.210. The van der Waals surface area contributed by atoms with Gasteiger partial charge in [-0.3, -0.25) is 4.90 Å². The Balaban J connectivity index is 1.43. The lowest BCUT2D eigenvalue weighted by atomic mass is 10.0. The highest BCUT2D eigenvalue weighted by molar-refractivity contribution is 5.74. The van der Waals surface area contributed by atoms with E-state index < -0.39 is 0 Å². The highest BCUT2D eigenvalue weighted by atomic mass is 19.1. The first-order valence-corrected chi connectivity index (χ1v) is 9.25. The van der Waals surface area contributed by atoms with Gasteiger partial charge in [-0.1, -0.05) is 18.2 Å². The Hall–Kier alpha value is -2.41. The number of carbonyl (C=O) groups is 1. The van der Waals surface area contributed by atoms with Gasteiger partial charge in [-0.25, -0.2) is 14.2 Å². The molecular formula is C19H24FN5O. The smallest absolute Gasteiger partial charge is 0.317 e. The molecule has 7 heteroatoms. The number of halogens is 1. The molecule has 1 aromatic carbocycles. The van der Waals surface area contributed by atoms with E-state index in [4.69, 9.17) is 0 Å². The molecule has 0 bridgehead atoms. The van der Waals surface area contributed by atoms with Gasteiger partial charge in [0.2, 0.25) is 0 Å². The summed E-state index contributed by atoms with van der Waals surface area (Å²) < 4.78 is 14.3. The van der Waals surface area contributed by atoms with Crippen molar-refractivity contribution in [2.24, 2.45) is 0 Å². The Morgan fingerprint density at radius 1 is 1.27 bits per heavy atom. The number of carbonyl (C=O) groups excluding carboxylic acids is 1. The van der Waals surface area contributed by atoms with Crippen LogP contribution in [-0.4, -0.2) is 52.0 Å². The van der Waals surface area contributed by atoms with Crippen LogP contribution in [-0.2, 0) is 13.0 Å². The van der Waals surface area contributed by atoms with E-state index in [9.17, 15) is 9.18 Å². The number of nitrogens with zero attached hydrogens (tertiary/aromatic N) is 3. The number of aromatic nitrogens is 2. The lowest BCUT2D eigenvalue weighted by molar-refractivity contribution is 0.181. The molecule has 2 aliphatic heterocycles. The molecule has 2 aromatic rings. The normalized spacial score (nSPS) is 18.6. The largest absolute Gasteiger partial charge is 0.347 e. The first kappa shape index (κ1) is 17.0. The van der Waals surface area contributed by atoms with Crippen molar-refractivity contribution in [2.45, 2.75) is 31.8 Å². The molecule has 2 amide bonds. The highest BCUT2D eigenvalue weighted by Gasteiger charge is 2.28. The van der Waals surface area contributed by atoms with Crippen molar-refractivity contribution >= 4 is 6.03 Å². The SMILES string of the molecule is O=C(NC[C@H](c1ccccc1F)N1CCCC1)N1CCc2nc[nH]c2C1. The maximum Gasteiger partial charge on any atom is 0.317 e. The predicted octanol–water partition coefficient (Wildman–Crippen LogP) is 2.45. The molecule has 26 heavy (non-hydrogen) atoms. The molecule has 0 radical (unpaired) electrons. The molecule has 6 nitrogen and oxygen atoms in total. The molecule has 0 saturated carbocycles. The first-order chi connectivity index (χ1) is 12.7. The number of imidazole rings is 1. The standard InChI is InChI=1S/C19H24FN5O/c20-15-6-2-1-5-14(15)18(24-8-3-4-9-24)11-21-19(26)25-10-7-16-17(12-25)23-13-22-16/h1-2,5-6,13,18H,3-4,7-12H2,(H,21,26)(H,22,23)/t18-/m1/s1. The van der Waals surface area contributed by atoms with Gasteiger partial charge in [-0.2, -0.15) is 0 Å². The number of hydrogen-bond donors (Lipinski definition) is 2. The second kappa shape index (κ2) is 7.45. The fourth-order valence-corrected chi connectivity index (χ4v) is 3.92. The average Bonchev–Trinajstić information content (AvgIpc) is 3.34. The summed E-state index contributed by atoms with van der Waals surface area (Å²) >= 11 is 0. The van der Waals surface area contributed by atoms with Gasteiger partial charge in [-0.15, -0.1) is 0 Å². The van der Waals surface area contributed by atoms with Gasteiger partial charge >= 0.3 is 6.03 Å². The van der Waals surface area contributed by atoms with Crippen LogP contribution in [0, 0.1) is 5.82 Å². The Bertz CT molecular complexity index is 771. The molecule has 1 saturated heterocycles. The third-order valence-corrected chi connectivity index (χ3v) is 5.35. The summed E-state index contributed by atoms with van der Waals surface area (Å²) in [7, 11) is 0. The van der Waals surface area contributed by atoms with E-state index in [1.165, 1.54) is 6.07 Å². The summed E-state index contributed by atoms with van der Waals surface area (Å²) in [6, 6.07) is 6.63. The zero-order chi connectivity index (χ0) is 17.9. The molecule has 4 rings (SSSR count). The quantitative estimate of drug-likeness (QED) is 0.883. The number of aromatic amines is 1. The number of urea groups is 1. The molecule has 0 spiro atoms. The summed E-state index contributed by atoms with van der Waals surface area (Å²) in [4.78, 5) is 24.0. The minimum absolute atomic E-state index is 0.106. The zero-order valence-electron chi connectivity index (χ0n) is 14.7. The van der Waals surface area contributed by atoms with Gasteiger partial charge in [0.15, 0.2) is 0 Å². The topological polar surface area (TPSA) is 64.3 Å². The highest BCUT2D eigenvalue weighted by Crippen LogP contribution is 2.26. The van der Waals surface area contributed by atoms with E-state index in [0.29, 0.717) is 25.2 Å². The third-order valence-electron chi connectivity index (χ3n) is 5.35. The molecule has 1 atom stereocenters. The van der Waals surface area contributed by atoms with Crippen LogP contribution in [0.2, 0.25) is 0 Å². The van der Waals surface area contributed by atoms with Crippen molar-refractivity contribution in [3.05, 3.63) is 53.4 Å².